The largest absolute Gasteiger partial charge is 0.302 e. The van der Waals surface area contributed by atoms with E-state index < -0.39 is 0 Å². The highest BCUT2D eigenvalue weighted by atomic mass is 16.7. The maximum absolute atomic E-state index is 11.2. The molecule has 0 radical (unpaired) electrons. The normalized spacial score (nSPS) is 11.8. The molecule has 3 heteroatoms. The molecule has 0 atom stereocenters. The summed E-state index contributed by atoms with van der Waals surface area (Å²) < 4.78 is 0. The summed E-state index contributed by atoms with van der Waals surface area (Å²) in [4.78, 5) is 16.1. The highest BCUT2D eigenvalue weighted by molar-refractivity contribution is 5.89. The van der Waals surface area contributed by atoms with Gasteiger partial charge in [-0.25, -0.2) is 0 Å². The Morgan fingerprint density at radius 2 is 2.15 bits per heavy atom. The first-order chi connectivity index (χ1) is 6.06. The fourth-order valence-corrected chi connectivity index (χ4v) is 0.878. The van der Waals surface area contributed by atoms with E-state index in [4.69, 9.17) is 4.84 Å². The summed E-state index contributed by atoms with van der Waals surface area (Å²) in [6.07, 6.45) is 4.05. The second-order valence-corrected chi connectivity index (χ2v) is 3.46. The van der Waals surface area contributed by atoms with Gasteiger partial charge in [0.25, 0.3) is 0 Å². The molecule has 0 aromatic heterocycles. The van der Waals surface area contributed by atoms with Crippen molar-refractivity contribution in [3.8, 4) is 0 Å². The molecule has 0 unspecified atom stereocenters. The molecule has 13 heavy (non-hydrogen) atoms. The van der Waals surface area contributed by atoms with E-state index in [0.29, 0.717) is 18.9 Å². The summed E-state index contributed by atoms with van der Waals surface area (Å²) in [5.74, 6) is 0.608. The van der Waals surface area contributed by atoms with Gasteiger partial charge >= 0.3 is 0 Å². The lowest BCUT2D eigenvalue weighted by Gasteiger charge is -2.09. The van der Waals surface area contributed by atoms with Crippen LogP contribution in [0.1, 0.15) is 20.3 Å². The van der Waals surface area contributed by atoms with Crippen LogP contribution >= 0.6 is 0 Å². The molecule has 3 nitrogen and oxygen atoms in total. The van der Waals surface area contributed by atoms with Gasteiger partial charge in [-0.15, -0.1) is 0 Å². The number of rotatable bonds is 6. The zero-order chi connectivity index (χ0) is 10.3. The van der Waals surface area contributed by atoms with Crippen molar-refractivity contribution in [2.24, 2.45) is 5.92 Å². The van der Waals surface area contributed by atoms with Crippen molar-refractivity contribution in [1.29, 1.82) is 0 Å². The number of hydrogen-bond acceptors (Lipinski definition) is 3. The second kappa shape index (κ2) is 6.80. The summed E-state index contributed by atoms with van der Waals surface area (Å²) in [5, 5.41) is 1.65. The maximum atomic E-state index is 11.2. The van der Waals surface area contributed by atoms with Crippen LogP contribution in [0.3, 0.4) is 0 Å². The summed E-state index contributed by atoms with van der Waals surface area (Å²) in [6, 6.07) is 0. The molecule has 0 fully saturated rings. The molecule has 0 saturated heterocycles. The van der Waals surface area contributed by atoms with Crippen molar-refractivity contribution in [1.82, 2.24) is 5.06 Å². The van der Waals surface area contributed by atoms with Crippen LogP contribution < -0.4 is 0 Å². The number of carbonyl (C=O) groups is 1. The minimum Gasteiger partial charge on any atom is -0.302 e. The van der Waals surface area contributed by atoms with Crippen LogP contribution in [0, 0.1) is 5.92 Å². The minimum absolute atomic E-state index is 0.180. The van der Waals surface area contributed by atoms with Gasteiger partial charge in [0.2, 0.25) is 0 Å². The third-order valence-electron chi connectivity index (χ3n) is 1.59. The zero-order valence-electron chi connectivity index (χ0n) is 8.91. The standard InChI is InChI=1S/C10H19NO2/c1-9(2)8-10(12)6-5-7-11(3)13-4/h5-6,9H,7-8H2,1-4H3/b6-5+. The van der Waals surface area contributed by atoms with Gasteiger partial charge in [0, 0.05) is 20.0 Å². The molecule has 0 aliphatic carbocycles. The predicted molar refractivity (Wildman–Crippen MR) is 53.2 cm³/mol. The van der Waals surface area contributed by atoms with Gasteiger partial charge in [0.05, 0.1) is 7.11 Å². The summed E-state index contributed by atoms with van der Waals surface area (Å²) >= 11 is 0. The molecule has 0 N–H and O–H groups in total. The molecule has 0 aromatic carbocycles. The van der Waals surface area contributed by atoms with Crippen LogP contribution in [0.5, 0.6) is 0 Å². The number of likely N-dealkylation sites (N-methyl/N-ethyl adjacent to an activating group) is 1. The van der Waals surface area contributed by atoms with E-state index in [1.54, 1.807) is 18.2 Å². The van der Waals surface area contributed by atoms with Crippen molar-refractivity contribution in [3.05, 3.63) is 12.2 Å². The summed E-state index contributed by atoms with van der Waals surface area (Å²) in [6.45, 7) is 4.71. The van der Waals surface area contributed by atoms with Crippen molar-refractivity contribution >= 4 is 5.78 Å². The molecule has 0 aliphatic rings. The molecule has 76 valence electrons. The molecule has 0 aliphatic heterocycles. The summed E-state index contributed by atoms with van der Waals surface area (Å²) in [5.41, 5.74) is 0. The SMILES string of the molecule is CON(C)C/C=C/C(=O)CC(C)C. The molecule has 0 bridgehead atoms. The lowest BCUT2D eigenvalue weighted by atomic mass is 10.1. The van der Waals surface area contributed by atoms with Crippen molar-refractivity contribution < 1.29 is 9.63 Å². The van der Waals surface area contributed by atoms with E-state index in [2.05, 4.69) is 0 Å². The monoisotopic (exact) mass is 185 g/mol. The van der Waals surface area contributed by atoms with Gasteiger partial charge in [-0.05, 0) is 12.0 Å². The highest BCUT2D eigenvalue weighted by Gasteiger charge is 2.00. The Morgan fingerprint density at radius 3 is 2.62 bits per heavy atom. The van der Waals surface area contributed by atoms with E-state index in [-0.39, 0.29) is 5.78 Å². The molecule has 0 aromatic rings. The first kappa shape index (κ1) is 12.3. The third kappa shape index (κ3) is 7.68. The van der Waals surface area contributed by atoms with Crippen molar-refractivity contribution in [2.45, 2.75) is 20.3 Å². The maximum Gasteiger partial charge on any atom is 0.155 e. The van der Waals surface area contributed by atoms with Gasteiger partial charge in [-0.3, -0.25) is 4.79 Å². The molecule has 0 spiro atoms. The highest BCUT2D eigenvalue weighted by Crippen LogP contribution is 2.00. The smallest absolute Gasteiger partial charge is 0.155 e. The molecular formula is C10H19NO2. The van der Waals surface area contributed by atoms with Crippen LogP contribution in [0.15, 0.2) is 12.2 Å². The van der Waals surface area contributed by atoms with Gasteiger partial charge in [-0.1, -0.05) is 19.9 Å². The number of nitrogens with zero attached hydrogens (tertiary/aromatic N) is 1. The first-order valence-corrected chi connectivity index (χ1v) is 4.51. The average molecular weight is 185 g/mol. The van der Waals surface area contributed by atoms with Crippen molar-refractivity contribution in [2.75, 3.05) is 20.7 Å². The Balaban J connectivity index is 3.65. The fraction of sp³-hybridized carbons (Fsp3) is 0.700. The van der Waals surface area contributed by atoms with E-state index in [1.807, 2.05) is 27.0 Å². The van der Waals surface area contributed by atoms with Crippen LogP contribution in [0.2, 0.25) is 0 Å². The minimum atomic E-state index is 0.180. The van der Waals surface area contributed by atoms with Crippen LogP contribution in [-0.4, -0.2) is 31.5 Å². The van der Waals surface area contributed by atoms with Gasteiger partial charge in [0.15, 0.2) is 5.78 Å². The number of carbonyl (C=O) groups excluding carboxylic acids is 1. The molecular weight excluding hydrogens is 166 g/mol. The quantitative estimate of drug-likeness (QED) is 0.465. The van der Waals surface area contributed by atoms with E-state index in [0.717, 1.165) is 0 Å². The second-order valence-electron chi connectivity index (χ2n) is 3.46. The Hall–Kier alpha value is -0.670. The van der Waals surface area contributed by atoms with Gasteiger partial charge < -0.3 is 4.84 Å². The topological polar surface area (TPSA) is 29.5 Å². The van der Waals surface area contributed by atoms with E-state index in [1.165, 1.54) is 0 Å². The number of ketones is 1. The zero-order valence-corrected chi connectivity index (χ0v) is 8.91. The fourth-order valence-electron chi connectivity index (χ4n) is 0.878. The van der Waals surface area contributed by atoms with E-state index in [9.17, 15) is 4.79 Å². The average Bonchev–Trinajstić information content (AvgIpc) is 2.02. The lowest BCUT2D eigenvalue weighted by Crippen LogP contribution is -2.16. The number of hydroxylamine groups is 2. The summed E-state index contributed by atoms with van der Waals surface area (Å²) in [7, 11) is 3.42. The van der Waals surface area contributed by atoms with Crippen LogP contribution in [0.25, 0.3) is 0 Å². The molecule has 0 rings (SSSR count). The Morgan fingerprint density at radius 1 is 1.54 bits per heavy atom. The Kier molecular flexibility index (Phi) is 6.45. The van der Waals surface area contributed by atoms with Crippen LogP contribution in [-0.2, 0) is 9.63 Å². The number of hydrogen-bond donors (Lipinski definition) is 0. The first-order valence-electron chi connectivity index (χ1n) is 4.51. The van der Waals surface area contributed by atoms with Gasteiger partial charge in [0.1, 0.15) is 0 Å². The van der Waals surface area contributed by atoms with Crippen LogP contribution in [0.4, 0.5) is 0 Å². The van der Waals surface area contributed by atoms with Crippen molar-refractivity contribution in [3.63, 3.8) is 0 Å². The van der Waals surface area contributed by atoms with Gasteiger partial charge in [-0.2, -0.15) is 5.06 Å². The third-order valence-corrected chi connectivity index (χ3v) is 1.59. The Labute approximate surface area is 80.3 Å². The molecule has 0 heterocycles. The van der Waals surface area contributed by atoms with E-state index >= 15 is 0 Å². The predicted octanol–water partition coefficient (Wildman–Crippen LogP) is 1.65. The Bertz CT molecular complexity index is 176. The number of allylic oxidation sites excluding steroid dienone is 1. The molecule has 0 amide bonds. The lowest BCUT2D eigenvalue weighted by molar-refractivity contribution is -0.115. The molecule has 0 saturated carbocycles.